The summed E-state index contributed by atoms with van der Waals surface area (Å²) in [4.78, 5) is 50.2. The summed E-state index contributed by atoms with van der Waals surface area (Å²) in [6.45, 7) is 7.02. The van der Waals surface area contributed by atoms with E-state index in [2.05, 4.69) is 10.6 Å². The molecule has 2 amide bonds. The molecule has 12 heteroatoms. The number of carbonyl (C=O) groups excluding carboxylic acids is 3. The van der Waals surface area contributed by atoms with Crippen LogP contribution in [0.25, 0.3) is 0 Å². The first-order valence-corrected chi connectivity index (χ1v) is 16.1. The smallest absolute Gasteiger partial charge is 0.335 e. The van der Waals surface area contributed by atoms with Crippen LogP contribution in [0.5, 0.6) is 5.75 Å². The first kappa shape index (κ1) is 37.5. The molecule has 3 rings (SSSR count). The van der Waals surface area contributed by atoms with Crippen molar-refractivity contribution in [3.63, 3.8) is 0 Å². The summed E-state index contributed by atoms with van der Waals surface area (Å²) < 4.78 is 16.9. The Labute approximate surface area is 280 Å². The number of epoxide rings is 1. The third-order valence-corrected chi connectivity index (χ3v) is 8.22. The second kappa shape index (κ2) is 17.8. The lowest BCUT2D eigenvalue weighted by atomic mass is 9.93. The number of nitrogens with one attached hydrogen (secondary N) is 2. The topological polar surface area (TPSA) is 164 Å². The maximum atomic E-state index is 13.1. The molecule has 1 aliphatic rings. The van der Waals surface area contributed by atoms with E-state index in [0.717, 1.165) is 5.56 Å². The third-order valence-electron chi connectivity index (χ3n) is 7.92. The third kappa shape index (κ3) is 11.7. The Kier molecular flexibility index (Phi) is 14.2. The maximum Gasteiger partial charge on any atom is 0.335 e. The van der Waals surface area contributed by atoms with Crippen molar-refractivity contribution in [1.82, 2.24) is 10.6 Å². The number of hydrogen-bond donors (Lipinski definition) is 4. The molecule has 0 unspecified atom stereocenters. The normalized spacial score (nSPS) is 18.9. The van der Waals surface area contributed by atoms with Gasteiger partial charge in [-0.2, -0.15) is 0 Å². The van der Waals surface area contributed by atoms with Crippen molar-refractivity contribution in [2.75, 3.05) is 13.7 Å². The number of rotatable bonds is 18. The van der Waals surface area contributed by atoms with Crippen LogP contribution in [-0.4, -0.2) is 72.0 Å². The standard InChI is InChI=1S/C35H45ClN2O9/c1-20(2)16-27(39)35(44)46-28(22(4)31-32(47-31)24-10-7-6-8-11-24)12-9-13-30(40)38-26(33(41)37-19-21(3)34(42)43)18-23-14-15-29(45-5)25(36)17-23/h6-11,13-15,17,20-22,26-28,31-32,39H,12,16,18-19H2,1-5H3,(H,37,41)(H,38,40)(H,42,43)/t21-,22+,26+,27+,28+,31-,32+/m1/s1. The highest BCUT2D eigenvalue weighted by molar-refractivity contribution is 6.32. The molecule has 4 N–H and O–H groups in total. The predicted octanol–water partition coefficient (Wildman–Crippen LogP) is 4.25. The number of esters is 1. The monoisotopic (exact) mass is 672 g/mol. The summed E-state index contributed by atoms with van der Waals surface area (Å²) in [7, 11) is 1.48. The summed E-state index contributed by atoms with van der Waals surface area (Å²) in [5.74, 6) is -3.52. The number of benzene rings is 2. The van der Waals surface area contributed by atoms with Gasteiger partial charge in [-0.25, -0.2) is 4.79 Å². The van der Waals surface area contributed by atoms with Crippen molar-refractivity contribution < 1.29 is 43.6 Å². The Bertz CT molecular complexity index is 1400. The van der Waals surface area contributed by atoms with Gasteiger partial charge in [-0.1, -0.05) is 81.8 Å². The van der Waals surface area contributed by atoms with Crippen LogP contribution in [-0.2, 0) is 35.1 Å². The molecule has 1 aliphatic heterocycles. The first-order chi connectivity index (χ1) is 22.3. The van der Waals surface area contributed by atoms with Gasteiger partial charge in [-0.15, -0.1) is 0 Å². The molecule has 1 saturated heterocycles. The molecule has 0 saturated carbocycles. The largest absolute Gasteiger partial charge is 0.495 e. The molecule has 2 aromatic rings. The molecule has 11 nitrogen and oxygen atoms in total. The fourth-order valence-corrected chi connectivity index (χ4v) is 5.34. The van der Waals surface area contributed by atoms with E-state index in [1.807, 2.05) is 51.1 Å². The molecule has 256 valence electrons. The van der Waals surface area contributed by atoms with Gasteiger partial charge in [-0.05, 0) is 41.7 Å². The van der Waals surface area contributed by atoms with Gasteiger partial charge >= 0.3 is 11.9 Å². The van der Waals surface area contributed by atoms with E-state index in [1.165, 1.54) is 20.1 Å². The highest BCUT2D eigenvalue weighted by atomic mass is 35.5. The van der Waals surface area contributed by atoms with Crippen molar-refractivity contribution in [3.8, 4) is 5.75 Å². The van der Waals surface area contributed by atoms with Crippen LogP contribution in [0.3, 0.4) is 0 Å². The molecule has 0 radical (unpaired) electrons. The minimum absolute atomic E-state index is 0.0709. The Balaban J connectivity index is 1.72. The van der Waals surface area contributed by atoms with Gasteiger partial charge < -0.3 is 35.1 Å². The molecule has 47 heavy (non-hydrogen) atoms. The van der Waals surface area contributed by atoms with Gasteiger partial charge in [0.2, 0.25) is 11.8 Å². The van der Waals surface area contributed by atoms with Gasteiger partial charge in [0.15, 0.2) is 6.10 Å². The average Bonchev–Trinajstić information content (AvgIpc) is 3.83. The molecule has 2 aromatic carbocycles. The Hall–Kier alpha value is -3.93. The molecule has 1 heterocycles. The van der Waals surface area contributed by atoms with Crippen LogP contribution in [0.15, 0.2) is 60.7 Å². The fourth-order valence-electron chi connectivity index (χ4n) is 5.06. The van der Waals surface area contributed by atoms with E-state index in [4.69, 9.17) is 25.8 Å². The van der Waals surface area contributed by atoms with Gasteiger partial charge in [0.1, 0.15) is 24.0 Å². The van der Waals surface area contributed by atoms with Gasteiger partial charge in [-0.3, -0.25) is 14.4 Å². The van der Waals surface area contributed by atoms with E-state index in [1.54, 1.807) is 24.3 Å². The SMILES string of the molecule is COc1ccc(C[C@H](NC(=O)C=CC[C@H](OC(=O)[C@@H](O)CC(C)C)[C@H](C)[C@H]2O[C@H]2c2ccccc2)C(=O)NC[C@@H](C)C(=O)O)cc1Cl. The van der Waals surface area contributed by atoms with Crippen molar-refractivity contribution in [3.05, 3.63) is 76.8 Å². The quantitative estimate of drug-likeness (QED) is 0.103. The van der Waals surface area contributed by atoms with Crippen LogP contribution in [0.1, 0.15) is 57.8 Å². The number of carboxylic acids is 1. The maximum absolute atomic E-state index is 13.1. The van der Waals surface area contributed by atoms with Gasteiger partial charge in [0, 0.05) is 25.3 Å². The number of aliphatic hydroxyl groups excluding tert-OH is 1. The van der Waals surface area contributed by atoms with Gasteiger partial charge in [0.05, 0.1) is 24.2 Å². The Morgan fingerprint density at radius 2 is 1.77 bits per heavy atom. The summed E-state index contributed by atoms with van der Waals surface area (Å²) in [5, 5.41) is 25.2. The van der Waals surface area contributed by atoms with Crippen LogP contribution >= 0.6 is 11.6 Å². The van der Waals surface area contributed by atoms with Crippen molar-refractivity contribution in [2.45, 2.75) is 77.4 Å². The summed E-state index contributed by atoms with van der Waals surface area (Å²) in [6, 6.07) is 13.6. The highest BCUT2D eigenvalue weighted by Gasteiger charge is 2.47. The minimum Gasteiger partial charge on any atom is -0.495 e. The van der Waals surface area contributed by atoms with Gasteiger partial charge in [0.25, 0.3) is 0 Å². The number of methoxy groups -OCH3 is 1. The van der Waals surface area contributed by atoms with E-state index in [-0.39, 0.29) is 49.9 Å². The van der Waals surface area contributed by atoms with Crippen molar-refractivity contribution in [2.24, 2.45) is 17.8 Å². The number of carbonyl (C=O) groups is 4. The Morgan fingerprint density at radius 3 is 2.38 bits per heavy atom. The number of hydrogen-bond acceptors (Lipinski definition) is 8. The van der Waals surface area contributed by atoms with Crippen molar-refractivity contribution in [1.29, 1.82) is 0 Å². The zero-order valence-corrected chi connectivity index (χ0v) is 28.1. The molecule has 7 atom stereocenters. The van der Waals surface area contributed by atoms with E-state index in [0.29, 0.717) is 16.3 Å². The molecule has 0 bridgehead atoms. The zero-order valence-electron chi connectivity index (χ0n) is 27.4. The molecule has 0 aromatic heterocycles. The summed E-state index contributed by atoms with van der Waals surface area (Å²) in [6.07, 6.45) is 0.900. The molecular weight excluding hydrogens is 628 g/mol. The molecule has 0 spiro atoms. The predicted molar refractivity (Wildman–Crippen MR) is 176 cm³/mol. The lowest BCUT2D eigenvalue weighted by molar-refractivity contribution is -0.162. The second-order valence-electron chi connectivity index (χ2n) is 12.3. The number of aliphatic hydroxyl groups is 1. The van der Waals surface area contributed by atoms with Crippen LogP contribution < -0.4 is 15.4 Å². The van der Waals surface area contributed by atoms with Crippen LogP contribution in [0, 0.1) is 17.8 Å². The second-order valence-corrected chi connectivity index (χ2v) is 12.7. The molecular formula is C35H45ClN2O9. The summed E-state index contributed by atoms with van der Waals surface area (Å²) in [5.41, 5.74) is 1.65. The Morgan fingerprint density at radius 1 is 1.06 bits per heavy atom. The fraction of sp³-hybridized carbons (Fsp3) is 0.486. The lowest BCUT2D eigenvalue weighted by Gasteiger charge is -2.24. The number of amides is 2. The zero-order chi connectivity index (χ0) is 34.7. The van der Waals surface area contributed by atoms with Crippen molar-refractivity contribution >= 4 is 35.4 Å². The average molecular weight is 673 g/mol. The minimum atomic E-state index is -1.28. The first-order valence-electron chi connectivity index (χ1n) is 15.7. The van der Waals surface area contributed by atoms with Crippen LogP contribution in [0.4, 0.5) is 0 Å². The number of ether oxygens (including phenoxy) is 3. The molecule has 1 fully saturated rings. The number of aliphatic carboxylic acids is 1. The number of halogens is 1. The van der Waals surface area contributed by atoms with Crippen LogP contribution in [0.2, 0.25) is 5.02 Å². The number of carboxylic acid groups (broad SMARTS) is 1. The lowest BCUT2D eigenvalue weighted by Crippen LogP contribution is -2.48. The summed E-state index contributed by atoms with van der Waals surface area (Å²) >= 11 is 6.26. The highest BCUT2D eigenvalue weighted by Crippen LogP contribution is 2.45. The van der Waals surface area contributed by atoms with E-state index in [9.17, 15) is 29.4 Å². The van der Waals surface area contributed by atoms with E-state index < -0.39 is 47.9 Å². The van der Waals surface area contributed by atoms with E-state index >= 15 is 0 Å². The molecule has 0 aliphatic carbocycles.